The smallest absolute Gasteiger partial charge is 0.266 e. The van der Waals surface area contributed by atoms with Gasteiger partial charge in [-0.1, -0.05) is 13.8 Å². The normalized spacial score (nSPS) is 16.8. The lowest BCUT2D eigenvalue weighted by atomic mass is 10.1. The van der Waals surface area contributed by atoms with E-state index in [1.165, 1.54) is 17.5 Å². The average Bonchev–Trinajstić information content (AvgIpc) is 3.16. The summed E-state index contributed by atoms with van der Waals surface area (Å²) in [5, 5.41) is 4.22. The molecule has 126 valence electrons. The summed E-state index contributed by atoms with van der Waals surface area (Å²) in [6, 6.07) is 0.193. The van der Waals surface area contributed by atoms with Crippen LogP contribution in [0.25, 0.3) is 0 Å². The number of nitrogens with zero attached hydrogens (tertiary/aromatic N) is 3. The summed E-state index contributed by atoms with van der Waals surface area (Å²) in [6.07, 6.45) is 4.66. The highest BCUT2D eigenvalue weighted by molar-refractivity contribution is 7.92. The van der Waals surface area contributed by atoms with E-state index in [0.717, 1.165) is 17.7 Å². The molecule has 1 aliphatic heterocycles. The fourth-order valence-corrected chi connectivity index (χ4v) is 4.33. The monoisotopic (exact) mass is 356 g/mol. The van der Waals surface area contributed by atoms with Crippen molar-refractivity contribution < 1.29 is 13.2 Å². The van der Waals surface area contributed by atoms with Crippen molar-refractivity contribution >= 4 is 27.2 Å². The standard InChI is InChI=1S/C14H20N4O3S2/c1-10(2)13-14(15-9-22-13)17-23(19,20)12-7-16-18(8-12)11-3-5-21-6-4-11/h7-11,17H,3-6H2,1-2H3. The van der Waals surface area contributed by atoms with Crippen molar-refractivity contribution in [2.75, 3.05) is 17.9 Å². The summed E-state index contributed by atoms with van der Waals surface area (Å²) in [4.78, 5) is 5.21. The molecule has 0 unspecified atom stereocenters. The molecule has 0 aromatic carbocycles. The number of thiazole rings is 1. The molecule has 7 nitrogen and oxygen atoms in total. The summed E-state index contributed by atoms with van der Waals surface area (Å²) in [7, 11) is -3.68. The molecular weight excluding hydrogens is 336 g/mol. The van der Waals surface area contributed by atoms with Crippen molar-refractivity contribution in [3.05, 3.63) is 22.8 Å². The summed E-state index contributed by atoms with van der Waals surface area (Å²) in [6.45, 7) is 5.38. The number of rotatable bonds is 5. The Balaban J connectivity index is 1.80. The zero-order chi connectivity index (χ0) is 16.4. The van der Waals surface area contributed by atoms with Gasteiger partial charge in [0.05, 0.1) is 22.6 Å². The highest BCUT2D eigenvalue weighted by Crippen LogP contribution is 2.29. The van der Waals surface area contributed by atoms with Gasteiger partial charge in [-0.05, 0) is 18.8 Å². The van der Waals surface area contributed by atoms with Gasteiger partial charge in [0, 0.05) is 19.4 Å². The van der Waals surface area contributed by atoms with Crippen LogP contribution in [0.15, 0.2) is 22.8 Å². The number of anilines is 1. The molecule has 2 aromatic rings. The van der Waals surface area contributed by atoms with E-state index >= 15 is 0 Å². The molecule has 23 heavy (non-hydrogen) atoms. The first kappa shape index (κ1) is 16.4. The number of nitrogens with one attached hydrogen (secondary N) is 1. The molecule has 3 rings (SSSR count). The quantitative estimate of drug-likeness (QED) is 0.890. The zero-order valence-electron chi connectivity index (χ0n) is 13.1. The predicted octanol–water partition coefficient (Wildman–Crippen LogP) is 2.62. The Morgan fingerprint density at radius 1 is 1.39 bits per heavy atom. The summed E-state index contributed by atoms with van der Waals surface area (Å²) >= 11 is 1.45. The molecule has 0 radical (unpaired) electrons. The molecule has 0 bridgehead atoms. The van der Waals surface area contributed by atoms with Crippen molar-refractivity contribution in [3.63, 3.8) is 0 Å². The van der Waals surface area contributed by atoms with E-state index in [1.54, 1.807) is 16.4 Å². The maximum Gasteiger partial charge on any atom is 0.266 e. The molecule has 9 heteroatoms. The van der Waals surface area contributed by atoms with Crippen molar-refractivity contribution in [1.82, 2.24) is 14.8 Å². The Hall–Kier alpha value is -1.45. The van der Waals surface area contributed by atoms with Gasteiger partial charge in [0.2, 0.25) is 0 Å². The zero-order valence-corrected chi connectivity index (χ0v) is 14.7. The Labute approximate surface area is 139 Å². The Kier molecular flexibility index (Phi) is 4.69. The predicted molar refractivity (Wildman–Crippen MR) is 88.3 cm³/mol. The SMILES string of the molecule is CC(C)c1scnc1NS(=O)(=O)c1cnn(C2CCOCC2)c1. The molecular formula is C14H20N4O3S2. The van der Waals surface area contributed by atoms with Gasteiger partial charge in [-0.2, -0.15) is 5.10 Å². The van der Waals surface area contributed by atoms with E-state index in [4.69, 9.17) is 4.74 Å². The molecule has 0 atom stereocenters. The van der Waals surface area contributed by atoms with E-state index < -0.39 is 10.0 Å². The first-order valence-corrected chi connectivity index (χ1v) is 9.92. The van der Waals surface area contributed by atoms with E-state index in [2.05, 4.69) is 14.8 Å². The third-order valence-corrected chi connectivity index (χ3v) is 6.23. The largest absolute Gasteiger partial charge is 0.381 e. The van der Waals surface area contributed by atoms with Gasteiger partial charge in [0.1, 0.15) is 4.90 Å². The Bertz CT molecular complexity index is 761. The summed E-state index contributed by atoms with van der Waals surface area (Å²) < 4.78 is 34.7. The molecule has 1 fully saturated rings. The molecule has 0 amide bonds. The molecule has 1 N–H and O–H groups in total. The number of hydrogen-bond donors (Lipinski definition) is 1. The third kappa shape index (κ3) is 3.56. The lowest BCUT2D eigenvalue weighted by Crippen LogP contribution is -2.20. The van der Waals surface area contributed by atoms with E-state index in [1.807, 2.05) is 13.8 Å². The van der Waals surface area contributed by atoms with Crippen molar-refractivity contribution in [3.8, 4) is 0 Å². The van der Waals surface area contributed by atoms with E-state index in [9.17, 15) is 8.42 Å². The maximum absolute atomic E-state index is 12.5. The molecule has 1 saturated heterocycles. The van der Waals surface area contributed by atoms with Crippen LogP contribution in [0.2, 0.25) is 0 Å². The Morgan fingerprint density at radius 2 is 2.13 bits per heavy atom. The lowest BCUT2D eigenvalue weighted by Gasteiger charge is -2.22. The fraction of sp³-hybridized carbons (Fsp3) is 0.571. The Morgan fingerprint density at radius 3 is 2.83 bits per heavy atom. The molecule has 0 aliphatic carbocycles. The van der Waals surface area contributed by atoms with Crippen molar-refractivity contribution in [2.24, 2.45) is 0 Å². The highest BCUT2D eigenvalue weighted by atomic mass is 32.2. The second-order valence-corrected chi connectivity index (χ2v) is 8.39. The summed E-state index contributed by atoms with van der Waals surface area (Å²) in [5.41, 5.74) is 1.65. The van der Waals surface area contributed by atoms with Crippen molar-refractivity contribution in [2.45, 2.75) is 43.5 Å². The second kappa shape index (κ2) is 6.58. The van der Waals surface area contributed by atoms with Gasteiger partial charge in [-0.15, -0.1) is 11.3 Å². The van der Waals surface area contributed by atoms with Crippen LogP contribution < -0.4 is 4.72 Å². The van der Waals surface area contributed by atoms with Crippen LogP contribution in [-0.4, -0.2) is 36.4 Å². The van der Waals surface area contributed by atoms with Crippen LogP contribution in [-0.2, 0) is 14.8 Å². The number of hydrogen-bond acceptors (Lipinski definition) is 6. The number of ether oxygens (including phenoxy) is 1. The molecule has 0 spiro atoms. The van der Waals surface area contributed by atoms with Crippen LogP contribution in [0.4, 0.5) is 5.82 Å². The van der Waals surface area contributed by atoms with E-state index in [0.29, 0.717) is 19.0 Å². The third-order valence-electron chi connectivity index (χ3n) is 3.80. The van der Waals surface area contributed by atoms with Gasteiger partial charge in [-0.3, -0.25) is 9.40 Å². The topological polar surface area (TPSA) is 86.1 Å². The highest BCUT2D eigenvalue weighted by Gasteiger charge is 2.23. The van der Waals surface area contributed by atoms with Gasteiger partial charge < -0.3 is 4.74 Å². The number of sulfonamides is 1. The fourth-order valence-electron chi connectivity index (χ4n) is 2.54. The minimum Gasteiger partial charge on any atom is -0.381 e. The van der Waals surface area contributed by atoms with Crippen LogP contribution in [0.5, 0.6) is 0 Å². The minimum atomic E-state index is -3.68. The second-order valence-electron chi connectivity index (χ2n) is 5.83. The minimum absolute atomic E-state index is 0.159. The first-order chi connectivity index (χ1) is 11.0. The van der Waals surface area contributed by atoms with E-state index in [-0.39, 0.29) is 16.9 Å². The van der Waals surface area contributed by atoms with Crippen LogP contribution in [0.1, 0.15) is 43.5 Å². The first-order valence-electron chi connectivity index (χ1n) is 7.55. The van der Waals surface area contributed by atoms with Crippen molar-refractivity contribution in [1.29, 1.82) is 0 Å². The number of aromatic nitrogens is 3. The van der Waals surface area contributed by atoms with Crippen LogP contribution >= 0.6 is 11.3 Å². The van der Waals surface area contributed by atoms with Crippen LogP contribution in [0.3, 0.4) is 0 Å². The van der Waals surface area contributed by atoms with Gasteiger partial charge >= 0.3 is 0 Å². The molecule has 0 saturated carbocycles. The molecule has 3 heterocycles. The molecule has 2 aromatic heterocycles. The van der Waals surface area contributed by atoms with Gasteiger partial charge in [-0.25, -0.2) is 13.4 Å². The average molecular weight is 356 g/mol. The molecule has 1 aliphatic rings. The lowest BCUT2D eigenvalue weighted by molar-refractivity contribution is 0.0662. The maximum atomic E-state index is 12.5. The van der Waals surface area contributed by atoms with Crippen LogP contribution in [0, 0.1) is 0 Å². The van der Waals surface area contributed by atoms with Gasteiger partial charge in [0.15, 0.2) is 5.82 Å². The van der Waals surface area contributed by atoms with Gasteiger partial charge in [0.25, 0.3) is 10.0 Å². The summed E-state index contributed by atoms with van der Waals surface area (Å²) in [5.74, 6) is 0.619.